The molecule has 0 atom stereocenters. The lowest BCUT2D eigenvalue weighted by Gasteiger charge is -2.10. The molecule has 3 aromatic carbocycles. The number of furan rings is 1. The average Bonchev–Trinajstić information content (AvgIpc) is 3.40. The number of hydrogen-bond donors (Lipinski definition) is 3. The van der Waals surface area contributed by atoms with Gasteiger partial charge in [0.15, 0.2) is 0 Å². The zero-order valence-corrected chi connectivity index (χ0v) is 20.6. The van der Waals surface area contributed by atoms with Crippen LogP contribution in [0.3, 0.4) is 0 Å². The average molecular weight is 545 g/mol. The first-order chi connectivity index (χ1) is 18.9. The molecule has 0 radical (unpaired) electrons. The number of rotatable bonds is 9. The summed E-state index contributed by atoms with van der Waals surface area (Å²) in [4.78, 5) is 23.5. The molecular weight excluding hydrogens is 527 g/mol. The monoisotopic (exact) mass is 544 g/mol. The number of halogens is 2. The van der Waals surface area contributed by atoms with Crippen LogP contribution < -0.4 is 16.1 Å². The van der Waals surface area contributed by atoms with Gasteiger partial charge in [0.2, 0.25) is 17.8 Å². The number of para-hydroxylation sites is 1. The number of hydrogen-bond acceptors (Lipinski definition) is 10. The quantitative estimate of drug-likeness (QED) is 0.104. The first kappa shape index (κ1) is 25.3. The SMILES string of the molecule is O=[N+]([O-])c1ccc(Nc2nc(N/N=C\c3ccc(-c4ccc(F)c(Cl)c4)o3)nc(Nc3ccccc3)n2)cc1. The standard InChI is InChI=1S/C26H18ClFN8O3/c27-21-14-16(6-12-22(21)28)23-13-11-20(39-23)15-29-35-26-33-24(30-17-4-2-1-3-5-17)32-25(34-26)31-18-7-9-19(10-8-18)36(37)38/h1-15H,(H3,30,31,32,33,34,35)/b29-15-. The lowest BCUT2D eigenvalue weighted by Crippen LogP contribution is -2.07. The topological polar surface area (TPSA) is 143 Å². The Balaban J connectivity index is 1.35. The highest BCUT2D eigenvalue weighted by Crippen LogP contribution is 2.26. The van der Waals surface area contributed by atoms with Crippen LogP contribution in [0.2, 0.25) is 5.02 Å². The van der Waals surface area contributed by atoms with Gasteiger partial charge in [-0.2, -0.15) is 20.1 Å². The number of benzene rings is 3. The fourth-order valence-electron chi connectivity index (χ4n) is 3.36. The van der Waals surface area contributed by atoms with E-state index in [-0.39, 0.29) is 28.6 Å². The molecule has 0 spiro atoms. The van der Waals surface area contributed by atoms with Crippen molar-refractivity contribution < 1.29 is 13.7 Å². The number of aromatic nitrogens is 3. The van der Waals surface area contributed by atoms with Gasteiger partial charge >= 0.3 is 0 Å². The van der Waals surface area contributed by atoms with Crippen molar-refractivity contribution in [1.82, 2.24) is 15.0 Å². The van der Waals surface area contributed by atoms with Gasteiger partial charge in [0, 0.05) is 29.1 Å². The molecule has 0 saturated carbocycles. The molecule has 0 aliphatic carbocycles. The summed E-state index contributed by atoms with van der Waals surface area (Å²) in [6, 6.07) is 22.8. The van der Waals surface area contributed by atoms with Gasteiger partial charge in [-0.05, 0) is 54.6 Å². The molecule has 5 rings (SSSR count). The number of nitro benzene ring substituents is 1. The summed E-state index contributed by atoms with van der Waals surface area (Å²) in [6.45, 7) is 0. The van der Waals surface area contributed by atoms with Crippen LogP contribution in [0, 0.1) is 15.9 Å². The Morgan fingerprint density at radius 2 is 1.54 bits per heavy atom. The summed E-state index contributed by atoms with van der Waals surface area (Å²) in [6.07, 6.45) is 1.42. The van der Waals surface area contributed by atoms with Crippen LogP contribution in [0.5, 0.6) is 0 Å². The molecule has 2 heterocycles. The first-order valence-electron chi connectivity index (χ1n) is 11.4. The van der Waals surface area contributed by atoms with Crippen LogP contribution in [-0.2, 0) is 0 Å². The van der Waals surface area contributed by atoms with Crippen LogP contribution in [0.4, 0.5) is 39.3 Å². The molecule has 13 heteroatoms. The van der Waals surface area contributed by atoms with Crippen molar-refractivity contribution in [3.05, 3.63) is 112 Å². The van der Waals surface area contributed by atoms with Gasteiger partial charge in [-0.15, -0.1) is 0 Å². The fourth-order valence-corrected chi connectivity index (χ4v) is 3.54. The number of nitrogens with zero attached hydrogens (tertiary/aromatic N) is 5. The normalized spacial score (nSPS) is 10.9. The van der Waals surface area contributed by atoms with Gasteiger partial charge in [-0.25, -0.2) is 9.82 Å². The highest BCUT2D eigenvalue weighted by Gasteiger charge is 2.10. The third-order valence-corrected chi connectivity index (χ3v) is 5.48. The lowest BCUT2D eigenvalue weighted by atomic mass is 10.2. The molecule has 3 N–H and O–H groups in total. The van der Waals surface area contributed by atoms with Crippen LogP contribution in [-0.4, -0.2) is 26.1 Å². The van der Waals surface area contributed by atoms with Crippen molar-refractivity contribution >= 4 is 52.7 Å². The Labute approximate surface area is 225 Å². The van der Waals surface area contributed by atoms with Crippen molar-refractivity contribution in [3.8, 4) is 11.3 Å². The fraction of sp³-hybridized carbons (Fsp3) is 0. The molecule has 0 unspecified atom stereocenters. The maximum atomic E-state index is 13.5. The molecule has 0 aliphatic rings. The van der Waals surface area contributed by atoms with E-state index in [0.717, 1.165) is 5.69 Å². The van der Waals surface area contributed by atoms with Crippen molar-refractivity contribution in [2.45, 2.75) is 0 Å². The van der Waals surface area contributed by atoms with Gasteiger partial charge in [0.1, 0.15) is 17.3 Å². The molecule has 0 bridgehead atoms. The van der Waals surface area contributed by atoms with Crippen LogP contribution in [0.15, 0.2) is 94.4 Å². The molecule has 194 valence electrons. The second-order valence-electron chi connectivity index (χ2n) is 7.93. The van der Waals surface area contributed by atoms with Crippen molar-refractivity contribution in [2.24, 2.45) is 5.10 Å². The Morgan fingerprint density at radius 1 is 0.872 bits per heavy atom. The highest BCUT2D eigenvalue weighted by atomic mass is 35.5. The second kappa shape index (κ2) is 11.4. The largest absolute Gasteiger partial charge is 0.455 e. The first-order valence-corrected chi connectivity index (χ1v) is 11.7. The van der Waals surface area contributed by atoms with E-state index in [1.54, 1.807) is 30.3 Å². The third kappa shape index (κ3) is 6.50. The molecule has 2 aromatic heterocycles. The van der Waals surface area contributed by atoms with E-state index in [0.29, 0.717) is 22.8 Å². The molecule has 0 fully saturated rings. The van der Waals surface area contributed by atoms with E-state index >= 15 is 0 Å². The molecule has 0 amide bonds. The van der Waals surface area contributed by atoms with Crippen molar-refractivity contribution in [2.75, 3.05) is 16.1 Å². The maximum Gasteiger partial charge on any atom is 0.269 e. The van der Waals surface area contributed by atoms with E-state index in [1.807, 2.05) is 30.3 Å². The molecular formula is C26H18ClFN8O3. The minimum Gasteiger partial charge on any atom is -0.455 e. The molecule has 0 saturated heterocycles. The Kier molecular flexibility index (Phi) is 7.37. The molecule has 0 aliphatic heterocycles. The molecule has 39 heavy (non-hydrogen) atoms. The summed E-state index contributed by atoms with van der Waals surface area (Å²) in [5, 5.41) is 21.2. The smallest absolute Gasteiger partial charge is 0.269 e. The minimum atomic E-state index is -0.515. The van der Waals surface area contributed by atoms with E-state index in [4.69, 9.17) is 16.0 Å². The van der Waals surface area contributed by atoms with Gasteiger partial charge in [-0.1, -0.05) is 29.8 Å². The zero-order chi connectivity index (χ0) is 27.2. The maximum absolute atomic E-state index is 13.5. The summed E-state index contributed by atoms with van der Waals surface area (Å²) < 4.78 is 19.2. The summed E-state index contributed by atoms with van der Waals surface area (Å²) in [5.74, 6) is 0.900. The van der Waals surface area contributed by atoms with Gasteiger partial charge < -0.3 is 15.1 Å². The minimum absolute atomic E-state index is 0.00586. The summed E-state index contributed by atoms with van der Waals surface area (Å²) in [5.41, 5.74) is 4.61. The molecule has 11 nitrogen and oxygen atoms in total. The Morgan fingerprint density at radius 3 is 2.21 bits per heavy atom. The third-order valence-electron chi connectivity index (χ3n) is 5.19. The lowest BCUT2D eigenvalue weighted by molar-refractivity contribution is -0.384. The van der Waals surface area contributed by atoms with Crippen LogP contribution in [0.1, 0.15) is 5.76 Å². The van der Waals surface area contributed by atoms with Crippen LogP contribution >= 0.6 is 11.6 Å². The Hall–Kier alpha value is -5.36. The van der Waals surface area contributed by atoms with Crippen molar-refractivity contribution in [3.63, 3.8) is 0 Å². The predicted octanol–water partition coefficient (Wildman–Crippen LogP) is 6.77. The van der Waals surface area contributed by atoms with E-state index in [9.17, 15) is 14.5 Å². The van der Waals surface area contributed by atoms with E-state index in [1.165, 1.54) is 30.5 Å². The van der Waals surface area contributed by atoms with E-state index < -0.39 is 10.7 Å². The van der Waals surface area contributed by atoms with Gasteiger partial charge in [0.25, 0.3) is 5.69 Å². The number of anilines is 5. The number of nitrogens with one attached hydrogen (secondary N) is 3. The number of hydrazone groups is 1. The summed E-state index contributed by atoms with van der Waals surface area (Å²) in [7, 11) is 0. The number of nitro groups is 1. The second-order valence-corrected chi connectivity index (χ2v) is 8.33. The predicted molar refractivity (Wildman–Crippen MR) is 146 cm³/mol. The van der Waals surface area contributed by atoms with Gasteiger partial charge in [0.05, 0.1) is 16.2 Å². The number of non-ortho nitro benzene ring substituents is 1. The highest BCUT2D eigenvalue weighted by molar-refractivity contribution is 6.31. The Bertz CT molecular complexity index is 1650. The van der Waals surface area contributed by atoms with E-state index in [2.05, 4.69) is 36.1 Å². The zero-order valence-electron chi connectivity index (χ0n) is 19.9. The van der Waals surface area contributed by atoms with Gasteiger partial charge in [-0.3, -0.25) is 10.1 Å². The summed E-state index contributed by atoms with van der Waals surface area (Å²) >= 11 is 5.86. The van der Waals surface area contributed by atoms with Crippen molar-refractivity contribution in [1.29, 1.82) is 0 Å². The van der Waals surface area contributed by atoms with Crippen LogP contribution in [0.25, 0.3) is 11.3 Å². The molecule has 5 aromatic rings.